The number of hydrogen-bond acceptors (Lipinski definition) is 3. The average Bonchev–Trinajstić information content (AvgIpc) is 2.44. The quantitative estimate of drug-likeness (QED) is 0.809. The van der Waals surface area contributed by atoms with Crippen LogP contribution in [0.2, 0.25) is 0 Å². The van der Waals surface area contributed by atoms with Crippen LogP contribution >= 0.6 is 0 Å². The fourth-order valence-electron chi connectivity index (χ4n) is 1.40. The third-order valence-corrected chi connectivity index (χ3v) is 2.31. The molecule has 0 saturated heterocycles. The van der Waals surface area contributed by atoms with Gasteiger partial charge in [0, 0.05) is 12.2 Å². The van der Waals surface area contributed by atoms with Crippen molar-refractivity contribution in [2.45, 2.75) is 46.3 Å². The van der Waals surface area contributed by atoms with Crippen molar-refractivity contribution in [2.24, 2.45) is 0 Å². The lowest BCUT2D eigenvalue weighted by atomic mass is 10.00. The molecule has 1 heterocycles. The number of carbonyl (C=O) groups excluding carboxylic acids is 1. The van der Waals surface area contributed by atoms with Crippen molar-refractivity contribution in [2.75, 3.05) is 0 Å². The van der Waals surface area contributed by atoms with E-state index in [0.29, 0.717) is 0 Å². The minimum atomic E-state index is -1.27. The summed E-state index contributed by atoms with van der Waals surface area (Å²) < 4.78 is 1.79. The number of carbonyl (C=O) groups is 1. The van der Waals surface area contributed by atoms with Crippen LogP contribution in [0, 0.1) is 6.92 Å². The van der Waals surface area contributed by atoms with Crippen LogP contribution in [-0.2, 0) is 17.8 Å². The molecular weight excluding hydrogens is 192 g/mol. The third-order valence-electron chi connectivity index (χ3n) is 2.31. The van der Waals surface area contributed by atoms with Gasteiger partial charge in [0.25, 0.3) is 0 Å². The van der Waals surface area contributed by atoms with Crippen LogP contribution in [0.1, 0.15) is 32.2 Å². The first-order valence-electron chi connectivity index (χ1n) is 5.13. The Kier molecular flexibility index (Phi) is 3.29. The number of hydrogen-bond donors (Lipinski definition) is 1. The molecule has 0 aliphatic rings. The molecule has 15 heavy (non-hydrogen) atoms. The van der Waals surface area contributed by atoms with Gasteiger partial charge in [0.05, 0.1) is 12.1 Å². The highest BCUT2D eigenvalue weighted by atomic mass is 16.3. The molecular formula is C11H18N2O2. The number of Topliss-reactive ketones (excluding diaryl/α,β-unsaturated/α-hetero) is 1. The van der Waals surface area contributed by atoms with Crippen molar-refractivity contribution >= 4 is 5.78 Å². The number of nitrogens with zero attached hydrogens (tertiary/aromatic N) is 2. The number of ketones is 1. The third kappa shape index (κ3) is 2.89. The second-order valence-corrected chi connectivity index (χ2v) is 4.25. The molecule has 4 nitrogen and oxygen atoms in total. The standard InChI is InChI=1S/C11H18N2O2/c1-5-13-9(6-8(2)12-13)7-10(14)11(3,4)15/h6,15H,5,7H2,1-4H3. The first-order chi connectivity index (χ1) is 6.84. The molecule has 0 amide bonds. The van der Waals surface area contributed by atoms with Crippen LogP contribution in [0.3, 0.4) is 0 Å². The van der Waals surface area contributed by atoms with Gasteiger partial charge in [-0.1, -0.05) is 0 Å². The maximum absolute atomic E-state index is 11.6. The molecule has 0 bridgehead atoms. The molecule has 0 saturated carbocycles. The Morgan fingerprint density at radius 3 is 2.67 bits per heavy atom. The zero-order valence-electron chi connectivity index (χ0n) is 9.74. The highest BCUT2D eigenvalue weighted by Gasteiger charge is 2.24. The maximum atomic E-state index is 11.6. The number of aliphatic hydroxyl groups is 1. The van der Waals surface area contributed by atoms with E-state index < -0.39 is 5.60 Å². The van der Waals surface area contributed by atoms with Gasteiger partial charge < -0.3 is 5.11 Å². The van der Waals surface area contributed by atoms with E-state index in [-0.39, 0.29) is 12.2 Å². The molecule has 1 rings (SSSR count). The van der Waals surface area contributed by atoms with Gasteiger partial charge in [0.15, 0.2) is 5.78 Å². The lowest BCUT2D eigenvalue weighted by Crippen LogP contribution is -2.33. The largest absolute Gasteiger partial charge is 0.383 e. The summed E-state index contributed by atoms with van der Waals surface area (Å²) in [5, 5.41) is 13.8. The Hall–Kier alpha value is -1.16. The van der Waals surface area contributed by atoms with Gasteiger partial charge in [-0.15, -0.1) is 0 Å². The molecule has 84 valence electrons. The monoisotopic (exact) mass is 210 g/mol. The predicted molar refractivity (Wildman–Crippen MR) is 57.6 cm³/mol. The van der Waals surface area contributed by atoms with Gasteiger partial charge in [0.1, 0.15) is 5.60 Å². The van der Waals surface area contributed by atoms with E-state index in [4.69, 9.17) is 0 Å². The lowest BCUT2D eigenvalue weighted by molar-refractivity contribution is -0.133. The Balaban J connectivity index is 2.85. The smallest absolute Gasteiger partial charge is 0.169 e. The lowest BCUT2D eigenvalue weighted by Gasteiger charge is -2.15. The highest BCUT2D eigenvalue weighted by Crippen LogP contribution is 2.11. The Morgan fingerprint density at radius 2 is 2.20 bits per heavy atom. The van der Waals surface area contributed by atoms with Gasteiger partial charge >= 0.3 is 0 Å². The summed E-state index contributed by atoms with van der Waals surface area (Å²) >= 11 is 0. The van der Waals surface area contributed by atoms with E-state index in [9.17, 15) is 9.90 Å². The summed E-state index contributed by atoms with van der Waals surface area (Å²) in [7, 11) is 0. The zero-order valence-corrected chi connectivity index (χ0v) is 9.74. The highest BCUT2D eigenvalue weighted by molar-refractivity contribution is 5.87. The van der Waals surface area contributed by atoms with Gasteiger partial charge in [-0.25, -0.2) is 0 Å². The molecule has 0 unspecified atom stereocenters. The van der Waals surface area contributed by atoms with E-state index in [1.54, 1.807) is 4.68 Å². The molecule has 0 fully saturated rings. The summed E-state index contributed by atoms with van der Waals surface area (Å²) in [5.41, 5.74) is 0.494. The van der Waals surface area contributed by atoms with Crippen molar-refractivity contribution in [1.82, 2.24) is 9.78 Å². The number of aryl methyl sites for hydroxylation is 2. The fraction of sp³-hybridized carbons (Fsp3) is 0.636. The Morgan fingerprint density at radius 1 is 1.60 bits per heavy atom. The molecule has 1 N–H and O–H groups in total. The average molecular weight is 210 g/mol. The van der Waals surface area contributed by atoms with Crippen LogP contribution in [0.15, 0.2) is 6.07 Å². The molecule has 0 aliphatic heterocycles. The predicted octanol–water partition coefficient (Wildman–Crippen LogP) is 1.09. The zero-order chi connectivity index (χ0) is 11.6. The van der Waals surface area contributed by atoms with E-state index in [1.807, 2.05) is 19.9 Å². The van der Waals surface area contributed by atoms with Crippen molar-refractivity contribution in [3.63, 3.8) is 0 Å². The minimum absolute atomic E-state index is 0.183. The molecule has 0 aliphatic carbocycles. The van der Waals surface area contributed by atoms with Crippen LogP contribution in [-0.4, -0.2) is 26.3 Å². The van der Waals surface area contributed by atoms with E-state index in [2.05, 4.69) is 5.10 Å². The molecule has 0 spiro atoms. The second-order valence-electron chi connectivity index (χ2n) is 4.25. The SMILES string of the molecule is CCn1nc(C)cc1CC(=O)C(C)(C)O. The van der Waals surface area contributed by atoms with E-state index in [0.717, 1.165) is 17.9 Å². The van der Waals surface area contributed by atoms with E-state index >= 15 is 0 Å². The first kappa shape index (κ1) is 11.9. The summed E-state index contributed by atoms with van der Waals surface area (Å²) in [5.74, 6) is -0.183. The molecule has 1 aromatic heterocycles. The van der Waals surface area contributed by atoms with Gasteiger partial charge in [0.2, 0.25) is 0 Å². The molecule has 0 aromatic carbocycles. The summed E-state index contributed by atoms with van der Waals surface area (Å²) in [6.45, 7) is 7.63. The van der Waals surface area contributed by atoms with Gasteiger partial charge in [-0.05, 0) is 33.8 Å². The summed E-state index contributed by atoms with van der Waals surface area (Å²) in [6, 6.07) is 1.88. The molecule has 0 radical (unpaired) electrons. The van der Waals surface area contributed by atoms with Gasteiger partial charge in [-0.2, -0.15) is 5.10 Å². The van der Waals surface area contributed by atoms with Crippen molar-refractivity contribution < 1.29 is 9.90 Å². The molecule has 4 heteroatoms. The van der Waals surface area contributed by atoms with Crippen molar-refractivity contribution in [3.05, 3.63) is 17.5 Å². The minimum Gasteiger partial charge on any atom is -0.383 e. The van der Waals surface area contributed by atoms with E-state index in [1.165, 1.54) is 13.8 Å². The number of rotatable bonds is 4. The topological polar surface area (TPSA) is 55.1 Å². The number of aromatic nitrogens is 2. The second kappa shape index (κ2) is 4.14. The summed E-state index contributed by atoms with van der Waals surface area (Å²) in [4.78, 5) is 11.6. The first-order valence-corrected chi connectivity index (χ1v) is 5.13. The van der Waals surface area contributed by atoms with Crippen molar-refractivity contribution in [1.29, 1.82) is 0 Å². The van der Waals surface area contributed by atoms with Gasteiger partial charge in [-0.3, -0.25) is 9.48 Å². The van der Waals surface area contributed by atoms with Crippen LogP contribution in [0.4, 0.5) is 0 Å². The Labute approximate surface area is 89.9 Å². The Bertz CT molecular complexity index is 361. The molecule has 1 aromatic rings. The van der Waals surface area contributed by atoms with Crippen molar-refractivity contribution in [3.8, 4) is 0 Å². The molecule has 0 atom stereocenters. The van der Waals surface area contributed by atoms with Crippen LogP contribution < -0.4 is 0 Å². The van der Waals surface area contributed by atoms with Crippen LogP contribution in [0.25, 0.3) is 0 Å². The van der Waals surface area contributed by atoms with Crippen LogP contribution in [0.5, 0.6) is 0 Å². The normalized spacial score (nSPS) is 11.8. The fourth-order valence-corrected chi connectivity index (χ4v) is 1.40. The summed E-state index contributed by atoms with van der Waals surface area (Å²) in [6.07, 6.45) is 0.234. The maximum Gasteiger partial charge on any atom is 0.169 e.